The van der Waals surface area contributed by atoms with Crippen LogP contribution in [0.4, 0.5) is 5.95 Å². The van der Waals surface area contributed by atoms with E-state index in [-0.39, 0.29) is 6.04 Å². The third-order valence-corrected chi connectivity index (χ3v) is 2.39. The summed E-state index contributed by atoms with van der Waals surface area (Å²) in [5.41, 5.74) is 7.71. The number of nitrogens with two attached hydrogens (primary N) is 1. The third kappa shape index (κ3) is 4.10. The molecule has 1 atom stereocenters. The Morgan fingerprint density at radius 2 is 1.88 bits per heavy atom. The van der Waals surface area contributed by atoms with Crippen LogP contribution in [0.25, 0.3) is 0 Å². The van der Waals surface area contributed by atoms with Gasteiger partial charge in [0, 0.05) is 12.6 Å². The highest BCUT2D eigenvalue weighted by Crippen LogP contribution is 2.05. The smallest absolute Gasteiger partial charge is 0.243 e. The van der Waals surface area contributed by atoms with Crippen molar-refractivity contribution >= 4 is 5.95 Å². The SMILES string of the molecule is Cc1nnc(NCC(N)CC(C)C)nc1C. The first-order valence-corrected chi connectivity index (χ1v) is 5.66. The lowest BCUT2D eigenvalue weighted by Gasteiger charge is -2.14. The van der Waals surface area contributed by atoms with Gasteiger partial charge in [-0.3, -0.25) is 0 Å². The summed E-state index contributed by atoms with van der Waals surface area (Å²) >= 11 is 0. The second kappa shape index (κ2) is 5.75. The molecule has 0 spiro atoms. The van der Waals surface area contributed by atoms with Crippen LogP contribution >= 0.6 is 0 Å². The Hall–Kier alpha value is -1.23. The molecule has 90 valence electrons. The number of anilines is 1. The summed E-state index contributed by atoms with van der Waals surface area (Å²) in [5.74, 6) is 1.16. The first kappa shape index (κ1) is 12.8. The van der Waals surface area contributed by atoms with E-state index in [1.54, 1.807) is 0 Å². The van der Waals surface area contributed by atoms with Gasteiger partial charge in [0.15, 0.2) is 0 Å². The number of hydrogen-bond donors (Lipinski definition) is 2. The van der Waals surface area contributed by atoms with E-state index in [0.717, 1.165) is 17.8 Å². The van der Waals surface area contributed by atoms with Gasteiger partial charge in [-0.2, -0.15) is 5.10 Å². The molecule has 0 aliphatic carbocycles. The van der Waals surface area contributed by atoms with Gasteiger partial charge in [-0.05, 0) is 26.2 Å². The first-order valence-electron chi connectivity index (χ1n) is 5.66. The Morgan fingerprint density at radius 3 is 2.44 bits per heavy atom. The molecule has 0 fully saturated rings. The fourth-order valence-corrected chi connectivity index (χ4v) is 1.44. The molecule has 0 radical (unpaired) electrons. The molecule has 0 aliphatic heterocycles. The van der Waals surface area contributed by atoms with E-state index in [1.807, 2.05) is 13.8 Å². The van der Waals surface area contributed by atoms with E-state index >= 15 is 0 Å². The van der Waals surface area contributed by atoms with Crippen molar-refractivity contribution in [1.29, 1.82) is 0 Å². The summed E-state index contributed by atoms with van der Waals surface area (Å²) in [7, 11) is 0. The zero-order chi connectivity index (χ0) is 12.1. The summed E-state index contributed by atoms with van der Waals surface area (Å²) < 4.78 is 0. The van der Waals surface area contributed by atoms with E-state index in [2.05, 4.69) is 34.3 Å². The number of nitrogens with one attached hydrogen (secondary N) is 1. The maximum absolute atomic E-state index is 5.95. The largest absolute Gasteiger partial charge is 0.351 e. The lowest BCUT2D eigenvalue weighted by molar-refractivity contribution is 0.507. The minimum absolute atomic E-state index is 0.130. The molecule has 1 rings (SSSR count). The molecule has 0 aliphatic rings. The molecule has 0 aromatic carbocycles. The topological polar surface area (TPSA) is 76.7 Å². The first-order chi connectivity index (χ1) is 7.49. The molecule has 1 heterocycles. The lowest BCUT2D eigenvalue weighted by atomic mass is 10.0. The van der Waals surface area contributed by atoms with Crippen LogP contribution in [0.15, 0.2) is 0 Å². The van der Waals surface area contributed by atoms with Crippen LogP contribution in [-0.4, -0.2) is 27.8 Å². The van der Waals surface area contributed by atoms with Crippen LogP contribution in [0.1, 0.15) is 31.7 Å². The highest BCUT2D eigenvalue weighted by atomic mass is 15.2. The molecular formula is C11H21N5. The fraction of sp³-hybridized carbons (Fsp3) is 0.727. The van der Waals surface area contributed by atoms with Crippen LogP contribution in [-0.2, 0) is 0 Å². The second-order valence-electron chi connectivity index (χ2n) is 4.58. The van der Waals surface area contributed by atoms with Crippen LogP contribution in [0.5, 0.6) is 0 Å². The quantitative estimate of drug-likeness (QED) is 0.786. The minimum Gasteiger partial charge on any atom is -0.351 e. The Labute approximate surface area is 96.9 Å². The molecule has 1 aromatic heterocycles. The number of rotatable bonds is 5. The number of aryl methyl sites for hydroxylation is 2. The maximum atomic E-state index is 5.95. The van der Waals surface area contributed by atoms with Gasteiger partial charge in [0.05, 0.1) is 11.4 Å². The molecule has 3 N–H and O–H groups in total. The lowest BCUT2D eigenvalue weighted by Crippen LogP contribution is -2.31. The highest BCUT2D eigenvalue weighted by molar-refractivity contribution is 5.24. The fourth-order valence-electron chi connectivity index (χ4n) is 1.44. The van der Waals surface area contributed by atoms with Crippen LogP contribution in [0.2, 0.25) is 0 Å². The Kier molecular flexibility index (Phi) is 4.61. The van der Waals surface area contributed by atoms with Gasteiger partial charge in [-0.15, -0.1) is 5.10 Å². The Balaban J connectivity index is 2.45. The predicted molar refractivity (Wildman–Crippen MR) is 65.2 cm³/mol. The Morgan fingerprint density at radius 1 is 1.19 bits per heavy atom. The number of hydrogen-bond acceptors (Lipinski definition) is 5. The number of nitrogens with zero attached hydrogens (tertiary/aromatic N) is 3. The summed E-state index contributed by atoms with van der Waals surface area (Å²) in [6, 6.07) is 0.130. The summed E-state index contributed by atoms with van der Waals surface area (Å²) in [6.45, 7) is 8.82. The molecule has 0 amide bonds. The third-order valence-electron chi connectivity index (χ3n) is 2.39. The normalized spacial score (nSPS) is 12.9. The average Bonchev–Trinajstić information content (AvgIpc) is 2.19. The van der Waals surface area contributed by atoms with E-state index in [4.69, 9.17) is 5.73 Å². The molecule has 1 unspecified atom stereocenters. The Bertz CT molecular complexity index is 337. The predicted octanol–water partition coefficient (Wildman–Crippen LogP) is 1.27. The zero-order valence-corrected chi connectivity index (χ0v) is 10.5. The van der Waals surface area contributed by atoms with Crippen molar-refractivity contribution in [3.05, 3.63) is 11.4 Å². The minimum atomic E-state index is 0.130. The van der Waals surface area contributed by atoms with E-state index in [0.29, 0.717) is 18.4 Å². The van der Waals surface area contributed by atoms with Gasteiger partial charge in [-0.1, -0.05) is 13.8 Å². The van der Waals surface area contributed by atoms with Gasteiger partial charge < -0.3 is 11.1 Å². The van der Waals surface area contributed by atoms with E-state index in [9.17, 15) is 0 Å². The summed E-state index contributed by atoms with van der Waals surface area (Å²) in [4.78, 5) is 4.28. The van der Waals surface area contributed by atoms with E-state index in [1.165, 1.54) is 0 Å². The van der Waals surface area contributed by atoms with Crippen LogP contribution < -0.4 is 11.1 Å². The monoisotopic (exact) mass is 223 g/mol. The molecule has 0 saturated heterocycles. The molecule has 0 saturated carbocycles. The van der Waals surface area contributed by atoms with Crippen molar-refractivity contribution in [1.82, 2.24) is 15.2 Å². The van der Waals surface area contributed by atoms with E-state index < -0.39 is 0 Å². The molecular weight excluding hydrogens is 202 g/mol. The van der Waals surface area contributed by atoms with Gasteiger partial charge in [0.25, 0.3) is 0 Å². The molecule has 5 nitrogen and oxygen atoms in total. The molecule has 1 aromatic rings. The highest BCUT2D eigenvalue weighted by Gasteiger charge is 2.07. The maximum Gasteiger partial charge on any atom is 0.243 e. The van der Waals surface area contributed by atoms with Crippen molar-refractivity contribution < 1.29 is 0 Å². The van der Waals surface area contributed by atoms with Crippen LogP contribution in [0.3, 0.4) is 0 Å². The van der Waals surface area contributed by atoms with Crippen LogP contribution in [0, 0.1) is 19.8 Å². The molecule has 0 bridgehead atoms. The summed E-state index contributed by atoms with van der Waals surface area (Å²) in [6.07, 6.45) is 0.991. The van der Waals surface area contributed by atoms with Gasteiger partial charge in [-0.25, -0.2) is 4.98 Å². The number of aromatic nitrogens is 3. The van der Waals surface area contributed by atoms with Crippen molar-refractivity contribution in [2.75, 3.05) is 11.9 Å². The van der Waals surface area contributed by atoms with Gasteiger partial charge in [0.2, 0.25) is 5.95 Å². The summed E-state index contributed by atoms with van der Waals surface area (Å²) in [5, 5.41) is 11.1. The van der Waals surface area contributed by atoms with Crippen molar-refractivity contribution in [2.24, 2.45) is 11.7 Å². The second-order valence-corrected chi connectivity index (χ2v) is 4.58. The standard InChI is InChI=1S/C11H21N5/c1-7(2)5-10(12)6-13-11-14-8(3)9(4)15-16-11/h7,10H,5-6,12H2,1-4H3,(H,13,14,16). The van der Waals surface area contributed by atoms with Crippen molar-refractivity contribution in [2.45, 2.75) is 40.2 Å². The van der Waals surface area contributed by atoms with Crippen molar-refractivity contribution in [3.8, 4) is 0 Å². The molecule has 5 heteroatoms. The van der Waals surface area contributed by atoms with Crippen molar-refractivity contribution in [3.63, 3.8) is 0 Å². The average molecular weight is 223 g/mol. The molecule has 16 heavy (non-hydrogen) atoms. The van der Waals surface area contributed by atoms with Gasteiger partial charge >= 0.3 is 0 Å². The zero-order valence-electron chi connectivity index (χ0n) is 10.5. The van der Waals surface area contributed by atoms with Gasteiger partial charge in [0.1, 0.15) is 0 Å².